The van der Waals surface area contributed by atoms with E-state index in [4.69, 9.17) is 4.74 Å². The molecule has 0 spiro atoms. The number of ether oxygens (including phenoxy) is 1. The summed E-state index contributed by atoms with van der Waals surface area (Å²) in [7, 11) is 0. The standard InChI is InChI=1S/C12H24N2O3/c1-2-17-10-11(15)8-13-9-12(16)14-6-4-3-5-7-14/h11,13,15H,2-10H2,1H3. The summed E-state index contributed by atoms with van der Waals surface area (Å²) in [5.41, 5.74) is 0. The number of nitrogens with one attached hydrogen (secondary N) is 1. The molecule has 1 aliphatic heterocycles. The molecule has 5 nitrogen and oxygen atoms in total. The Kier molecular flexibility index (Phi) is 7.16. The fourth-order valence-electron chi connectivity index (χ4n) is 1.91. The van der Waals surface area contributed by atoms with Crippen LogP contribution in [0, 0.1) is 0 Å². The molecule has 1 fully saturated rings. The summed E-state index contributed by atoms with van der Waals surface area (Å²) >= 11 is 0. The molecule has 1 atom stereocenters. The van der Waals surface area contributed by atoms with Gasteiger partial charge in [-0.25, -0.2) is 0 Å². The third-order valence-corrected chi connectivity index (χ3v) is 2.88. The van der Waals surface area contributed by atoms with Crippen molar-refractivity contribution in [3.8, 4) is 0 Å². The number of aliphatic hydroxyl groups is 1. The van der Waals surface area contributed by atoms with Gasteiger partial charge in [-0.3, -0.25) is 4.79 Å². The van der Waals surface area contributed by atoms with Crippen LogP contribution < -0.4 is 5.32 Å². The van der Waals surface area contributed by atoms with Crippen LogP contribution in [0.5, 0.6) is 0 Å². The highest BCUT2D eigenvalue weighted by Gasteiger charge is 2.16. The van der Waals surface area contributed by atoms with E-state index >= 15 is 0 Å². The maximum Gasteiger partial charge on any atom is 0.236 e. The molecule has 0 aromatic rings. The highest BCUT2D eigenvalue weighted by molar-refractivity contribution is 5.78. The van der Waals surface area contributed by atoms with Gasteiger partial charge in [0.25, 0.3) is 0 Å². The summed E-state index contributed by atoms with van der Waals surface area (Å²) in [4.78, 5) is 13.6. The molecule has 0 aromatic carbocycles. The summed E-state index contributed by atoms with van der Waals surface area (Å²) in [6.45, 7) is 5.28. The van der Waals surface area contributed by atoms with Crippen molar-refractivity contribution >= 4 is 5.91 Å². The second kappa shape index (κ2) is 8.44. The van der Waals surface area contributed by atoms with Gasteiger partial charge in [-0.05, 0) is 26.2 Å². The highest BCUT2D eigenvalue weighted by Crippen LogP contribution is 2.08. The van der Waals surface area contributed by atoms with Crippen LogP contribution in [-0.2, 0) is 9.53 Å². The van der Waals surface area contributed by atoms with Crippen LogP contribution in [-0.4, -0.2) is 61.4 Å². The van der Waals surface area contributed by atoms with E-state index in [9.17, 15) is 9.90 Å². The van der Waals surface area contributed by atoms with E-state index < -0.39 is 6.10 Å². The maximum atomic E-state index is 11.7. The first-order valence-corrected chi connectivity index (χ1v) is 6.48. The fourth-order valence-corrected chi connectivity index (χ4v) is 1.91. The molecular weight excluding hydrogens is 220 g/mol. The summed E-state index contributed by atoms with van der Waals surface area (Å²) in [6.07, 6.45) is 2.91. The minimum absolute atomic E-state index is 0.133. The van der Waals surface area contributed by atoms with Crippen molar-refractivity contribution in [2.45, 2.75) is 32.3 Å². The van der Waals surface area contributed by atoms with Crippen LogP contribution in [0.2, 0.25) is 0 Å². The number of hydrogen-bond donors (Lipinski definition) is 2. The van der Waals surface area contributed by atoms with Gasteiger partial charge in [0.15, 0.2) is 0 Å². The number of nitrogens with zero attached hydrogens (tertiary/aromatic N) is 1. The zero-order chi connectivity index (χ0) is 12.5. The molecule has 1 heterocycles. The number of carbonyl (C=O) groups is 1. The number of carbonyl (C=O) groups excluding carboxylic acids is 1. The number of aliphatic hydroxyl groups excluding tert-OH is 1. The maximum absolute atomic E-state index is 11.7. The molecule has 100 valence electrons. The van der Waals surface area contributed by atoms with Gasteiger partial charge in [-0.1, -0.05) is 0 Å². The predicted molar refractivity (Wildman–Crippen MR) is 65.8 cm³/mol. The Labute approximate surface area is 103 Å². The fraction of sp³-hybridized carbons (Fsp3) is 0.917. The number of rotatable bonds is 7. The Hall–Kier alpha value is -0.650. The van der Waals surface area contributed by atoms with Crippen LogP contribution in [0.25, 0.3) is 0 Å². The zero-order valence-electron chi connectivity index (χ0n) is 10.7. The van der Waals surface area contributed by atoms with E-state index in [1.807, 2.05) is 11.8 Å². The Morgan fingerprint density at radius 1 is 1.41 bits per heavy atom. The second-order valence-electron chi connectivity index (χ2n) is 4.39. The largest absolute Gasteiger partial charge is 0.389 e. The molecule has 1 amide bonds. The first kappa shape index (κ1) is 14.4. The van der Waals surface area contributed by atoms with Gasteiger partial charge in [0.2, 0.25) is 5.91 Å². The van der Waals surface area contributed by atoms with Gasteiger partial charge in [-0.2, -0.15) is 0 Å². The summed E-state index contributed by atoms with van der Waals surface area (Å²) in [5, 5.41) is 12.5. The molecule has 1 saturated heterocycles. The van der Waals surface area contributed by atoms with Gasteiger partial charge in [-0.15, -0.1) is 0 Å². The van der Waals surface area contributed by atoms with Crippen LogP contribution in [0.1, 0.15) is 26.2 Å². The number of likely N-dealkylation sites (tertiary alicyclic amines) is 1. The topological polar surface area (TPSA) is 61.8 Å². The third kappa shape index (κ3) is 6.00. The molecule has 0 saturated carbocycles. The molecule has 0 radical (unpaired) electrons. The minimum atomic E-state index is -0.538. The number of hydrogen-bond acceptors (Lipinski definition) is 4. The zero-order valence-corrected chi connectivity index (χ0v) is 10.7. The van der Waals surface area contributed by atoms with E-state index in [0.717, 1.165) is 25.9 Å². The van der Waals surface area contributed by atoms with Crippen LogP contribution in [0.3, 0.4) is 0 Å². The lowest BCUT2D eigenvalue weighted by atomic mass is 10.1. The van der Waals surface area contributed by atoms with Gasteiger partial charge in [0, 0.05) is 26.2 Å². The summed E-state index contributed by atoms with van der Waals surface area (Å²) < 4.78 is 5.08. The monoisotopic (exact) mass is 244 g/mol. The summed E-state index contributed by atoms with van der Waals surface area (Å²) in [6, 6.07) is 0. The Bertz CT molecular complexity index is 218. The molecule has 1 rings (SSSR count). The molecule has 0 bridgehead atoms. The van der Waals surface area contributed by atoms with E-state index in [1.165, 1.54) is 6.42 Å². The first-order chi connectivity index (χ1) is 8.24. The Morgan fingerprint density at radius 3 is 2.76 bits per heavy atom. The molecule has 0 aromatic heterocycles. The van der Waals surface area contributed by atoms with Crippen molar-refractivity contribution in [3.63, 3.8) is 0 Å². The van der Waals surface area contributed by atoms with Gasteiger partial charge in [0.05, 0.1) is 19.3 Å². The van der Waals surface area contributed by atoms with Gasteiger partial charge in [0.1, 0.15) is 0 Å². The molecule has 5 heteroatoms. The Morgan fingerprint density at radius 2 is 2.12 bits per heavy atom. The lowest BCUT2D eigenvalue weighted by molar-refractivity contribution is -0.131. The molecule has 0 aliphatic carbocycles. The molecule has 2 N–H and O–H groups in total. The van der Waals surface area contributed by atoms with Crippen LogP contribution in [0.4, 0.5) is 0 Å². The van der Waals surface area contributed by atoms with Crippen LogP contribution in [0.15, 0.2) is 0 Å². The van der Waals surface area contributed by atoms with Gasteiger partial charge < -0.3 is 20.1 Å². The van der Waals surface area contributed by atoms with Crippen molar-refractivity contribution in [2.75, 3.05) is 39.4 Å². The average molecular weight is 244 g/mol. The molecule has 17 heavy (non-hydrogen) atoms. The van der Waals surface area contributed by atoms with E-state index in [1.54, 1.807) is 0 Å². The third-order valence-electron chi connectivity index (χ3n) is 2.88. The first-order valence-electron chi connectivity index (χ1n) is 6.48. The van der Waals surface area contributed by atoms with E-state index in [2.05, 4.69) is 5.32 Å². The highest BCUT2D eigenvalue weighted by atomic mass is 16.5. The van der Waals surface area contributed by atoms with Crippen molar-refractivity contribution in [1.82, 2.24) is 10.2 Å². The average Bonchev–Trinajstić information content (AvgIpc) is 2.37. The van der Waals surface area contributed by atoms with Crippen molar-refractivity contribution in [1.29, 1.82) is 0 Å². The number of piperidine rings is 1. The minimum Gasteiger partial charge on any atom is -0.389 e. The SMILES string of the molecule is CCOCC(O)CNCC(=O)N1CCCCC1. The van der Waals surface area contributed by atoms with E-state index in [0.29, 0.717) is 26.3 Å². The second-order valence-corrected chi connectivity index (χ2v) is 4.39. The molecule has 1 aliphatic rings. The lowest BCUT2D eigenvalue weighted by Gasteiger charge is -2.27. The molecule has 1 unspecified atom stereocenters. The normalized spacial score (nSPS) is 18.1. The predicted octanol–water partition coefficient (Wildman–Crippen LogP) is -0.0141. The molecular formula is C12H24N2O3. The quantitative estimate of drug-likeness (QED) is 0.661. The Balaban J connectivity index is 2.06. The smallest absolute Gasteiger partial charge is 0.236 e. The van der Waals surface area contributed by atoms with Crippen LogP contribution >= 0.6 is 0 Å². The van der Waals surface area contributed by atoms with Gasteiger partial charge >= 0.3 is 0 Å². The van der Waals surface area contributed by atoms with Crippen molar-refractivity contribution in [3.05, 3.63) is 0 Å². The van der Waals surface area contributed by atoms with E-state index in [-0.39, 0.29) is 5.91 Å². The number of amides is 1. The summed E-state index contributed by atoms with van der Waals surface area (Å²) in [5.74, 6) is 0.133. The lowest BCUT2D eigenvalue weighted by Crippen LogP contribution is -2.43. The van der Waals surface area contributed by atoms with Crippen molar-refractivity contribution < 1.29 is 14.6 Å². The van der Waals surface area contributed by atoms with Crippen molar-refractivity contribution in [2.24, 2.45) is 0 Å².